The molecule has 0 bridgehead atoms. The summed E-state index contributed by atoms with van der Waals surface area (Å²) in [6.07, 6.45) is 0. The van der Waals surface area contributed by atoms with Crippen LogP contribution in [0.3, 0.4) is 0 Å². The molecular weight excluding hydrogens is 504 g/mol. The van der Waals surface area contributed by atoms with Crippen LogP contribution in [-0.4, -0.2) is 0 Å². The highest BCUT2D eigenvalue weighted by molar-refractivity contribution is 6.24. The molecule has 9 aromatic carbocycles. The normalized spacial score (nSPS) is 14.5. The van der Waals surface area contributed by atoms with Crippen molar-refractivity contribution in [2.45, 2.75) is 0 Å². The monoisotopic (exact) mass is 538 g/mol. The molecule has 0 unspecified atom stereocenters. The smallest absolute Gasteiger partial charge is 0.0616 e. The SMILES string of the molecule is [2H]c1c([2H])c([2H])c2c(-c3cccc4ccccc34)c3c(-c4cccc5ccc6cc7ccccc7cc6c45)c([2H])c([2H])c([2H])c3c([2H])c2c1[2H]. The molecule has 0 aliphatic carbocycles. The van der Waals surface area contributed by atoms with Crippen LogP contribution < -0.4 is 0 Å². The highest BCUT2D eigenvalue weighted by Crippen LogP contribution is 2.45. The molecule has 0 spiro atoms. The van der Waals surface area contributed by atoms with Gasteiger partial charge >= 0.3 is 0 Å². The largest absolute Gasteiger partial charge is 0.0636 e. The molecule has 0 amide bonds. The maximum Gasteiger partial charge on any atom is 0.0636 e. The Hall–Kier alpha value is -5.46. The summed E-state index contributed by atoms with van der Waals surface area (Å²) in [6.45, 7) is 0. The van der Waals surface area contributed by atoms with Gasteiger partial charge in [0.15, 0.2) is 0 Å². The summed E-state index contributed by atoms with van der Waals surface area (Å²) in [5.74, 6) is 0. The molecule has 0 radical (unpaired) electrons. The Labute approximate surface area is 255 Å². The van der Waals surface area contributed by atoms with Crippen molar-refractivity contribution in [2.75, 3.05) is 0 Å². The Morgan fingerprint density at radius 2 is 1.05 bits per heavy atom. The summed E-state index contributed by atoms with van der Waals surface area (Å²) >= 11 is 0. The van der Waals surface area contributed by atoms with Crippen molar-refractivity contribution in [3.8, 4) is 22.3 Å². The van der Waals surface area contributed by atoms with Gasteiger partial charge in [-0.05, 0) is 105 Å². The van der Waals surface area contributed by atoms with Crippen LogP contribution >= 0.6 is 0 Å². The standard InChI is InChI=1S/C42H26/c1-2-12-30-26-39-32(24-29(30)11-1)23-22-28-15-8-20-37(40(28)39)38-21-9-16-33-25-31-13-4-6-18-35(31)42(41(33)38)36-19-7-14-27-10-3-5-17-34(27)36/h1-26H/i4D,6D,9D,13D,16D,18D,21D,25D. The molecule has 0 fully saturated rings. The first kappa shape index (κ1) is 16.7. The predicted octanol–water partition coefficient (Wildman–Crippen LogP) is 11.9. The molecule has 0 saturated heterocycles. The van der Waals surface area contributed by atoms with Gasteiger partial charge in [0, 0.05) is 0 Å². The predicted molar refractivity (Wildman–Crippen MR) is 182 cm³/mol. The van der Waals surface area contributed by atoms with E-state index in [0.717, 1.165) is 43.1 Å². The lowest BCUT2D eigenvalue weighted by Crippen LogP contribution is -1.91. The molecule has 0 atom stereocenters. The molecule has 0 N–H and O–H groups in total. The van der Waals surface area contributed by atoms with Crippen LogP contribution in [-0.2, 0) is 0 Å². The summed E-state index contributed by atoms with van der Waals surface area (Å²) < 4.78 is 72.7. The molecule has 0 aliphatic heterocycles. The first-order valence-corrected chi connectivity index (χ1v) is 14.0. The fourth-order valence-corrected chi connectivity index (χ4v) is 6.52. The topological polar surface area (TPSA) is 0 Å². The Morgan fingerprint density at radius 1 is 0.357 bits per heavy atom. The molecular formula is C42H26. The van der Waals surface area contributed by atoms with E-state index in [1.165, 1.54) is 0 Å². The lowest BCUT2D eigenvalue weighted by atomic mass is 9.84. The second-order valence-electron chi connectivity index (χ2n) is 10.7. The summed E-state index contributed by atoms with van der Waals surface area (Å²) in [4.78, 5) is 0. The molecule has 9 rings (SSSR count). The van der Waals surface area contributed by atoms with Gasteiger partial charge in [0.2, 0.25) is 0 Å². The highest BCUT2D eigenvalue weighted by Gasteiger charge is 2.18. The van der Waals surface area contributed by atoms with Crippen molar-refractivity contribution in [2.24, 2.45) is 0 Å². The fourth-order valence-electron chi connectivity index (χ4n) is 6.52. The number of hydrogen-bond acceptors (Lipinski definition) is 0. The van der Waals surface area contributed by atoms with Crippen molar-refractivity contribution >= 4 is 64.6 Å². The Morgan fingerprint density at radius 3 is 1.95 bits per heavy atom. The second-order valence-corrected chi connectivity index (χ2v) is 10.7. The van der Waals surface area contributed by atoms with Gasteiger partial charge < -0.3 is 0 Å². The first-order chi connectivity index (χ1) is 24.2. The van der Waals surface area contributed by atoms with Crippen molar-refractivity contribution < 1.29 is 11.0 Å². The van der Waals surface area contributed by atoms with Crippen LogP contribution in [0.5, 0.6) is 0 Å². The van der Waals surface area contributed by atoms with Crippen molar-refractivity contribution in [1.29, 1.82) is 0 Å². The van der Waals surface area contributed by atoms with E-state index in [-0.39, 0.29) is 52.4 Å². The molecule has 194 valence electrons. The third-order valence-corrected chi connectivity index (χ3v) is 8.37. The average Bonchev–Trinajstić information content (AvgIpc) is 3.14. The highest BCUT2D eigenvalue weighted by atomic mass is 14.2. The zero-order valence-corrected chi connectivity index (χ0v) is 22.4. The van der Waals surface area contributed by atoms with E-state index in [0.29, 0.717) is 27.6 Å². The summed E-state index contributed by atoms with van der Waals surface area (Å²) in [6, 6.07) is 33.1. The lowest BCUT2D eigenvalue weighted by Gasteiger charge is -2.19. The van der Waals surface area contributed by atoms with Gasteiger partial charge in [0.05, 0.1) is 11.0 Å². The lowest BCUT2D eigenvalue weighted by molar-refractivity contribution is 1.68. The molecule has 0 aliphatic rings. The van der Waals surface area contributed by atoms with Gasteiger partial charge in [0.1, 0.15) is 0 Å². The van der Waals surface area contributed by atoms with Gasteiger partial charge in [-0.2, -0.15) is 0 Å². The Balaban J connectivity index is 1.60. The van der Waals surface area contributed by atoms with Gasteiger partial charge in [-0.15, -0.1) is 0 Å². The van der Waals surface area contributed by atoms with Crippen LogP contribution in [0.2, 0.25) is 0 Å². The van der Waals surface area contributed by atoms with E-state index in [1.807, 2.05) is 78.9 Å². The van der Waals surface area contributed by atoms with E-state index in [2.05, 4.69) is 30.3 Å². The van der Waals surface area contributed by atoms with E-state index in [1.54, 1.807) is 0 Å². The Kier molecular flexibility index (Phi) is 3.59. The zero-order valence-electron chi connectivity index (χ0n) is 30.4. The van der Waals surface area contributed by atoms with Crippen LogP contribution in [0.4, 0.5) is 0 Å². The number of rotatable bonds is 2. The maximum absolute atomic E-state index is 9.52. The molecule has 0 heteroatoms. The van der Waals surface area contributed by atoms with Crippen molar-refractivity contribution in [1.82, 2.24) is 0 Å². The molecule has 0 saturated carbocycles. The minimum absolute atomic E-state index is 0.0159. The molecule has 0 heterocycles. The van der Waals surface area contributed by atoms with E-state index >= 15 is 0 Å². The molecule has 42 heavy (non-hydrogen) atoms. The molecule has 0 nitrogen and oxygen atoms in total. The summed E-state index contributed by atoms with van der Waals surface area (Å²) in [5.41, 5.74) is 2.05. The Bertz CT molecular complexity index is 2960. The zero-order chi connectivity index (χ0) is 34.6. The number of fused-ring (bicyclic) bond motifs is 7. The molecule has 0 aromatic heterocycles. The summed E-state index contributed by atoms with van der Waals surface area (Å²) in [7, 11) is 0. The van der Waals surface area contributed by atoms with Crippen LogP contribution in [0.1, 0.15) is 11.0 Å². The minimum Gasteiger partial charge on any atom is -0.0616 e. The van der Waals surface area contributed by atoms with Crippen LogP contribution in [0.15, 0.2) is 158 Å². The van der Waals surface area contributed by atoms with Gasteiger partial charge in [-0.1, -0.05) is 139 Å². The van der Waals surface area contributed by atoms with Crippen molar-refractivity contribution in [3.63, 3.8) is 0 Å². The third kappa shape index (κ3) is 3.42. The van der Waals surface area contributed by atoms with Gasteiger partial charge in [-0.3, -0.25) is 0 Å². The fraction of sp³-hybridized carbons (Fsp3) is 0. The van der Waals surface area contributed by atoms with Gasteiger partial charge in [-0.25, -0.2) is 0 Å². The first-order valence-electron chi connectivity index (χ1n) is 18.0. The van der Waals surface area contributed by atoms with E-state index in [9.17, 15) is 5.48 Å². The third-order valence-electron chi connectivity index (χ3n) is 8.37. The number of benzene rings is 9. The van der Waals surface area contributed by atoms with Crippen molar-refractivity contribution in [3.05, 3.63) is 158 Å². The quantitative estimate of drug-likeness (QED) is 0.152. The second kappa shape index (κ2) is 9.03. The minimum atomic E-state index is -0.470. The maximum atomic E-state index is 9.52. The average molecular weight is 539 g/mol. The van der Waals surface area contributed by atoms with E-state index in [4.69, 9.17) is 5.48 Å². The van der Waals surface area contributed by atoms with Crippen LogP contribution in [0.25, 0.3) is 86.9 Å². The van der Waals surface area contributed by atoms with Crippen LogP contribution in [0, 0.1) is 0 Å². The van der Waals surface area contributed by atoms with Gasteiger partial charge in [0.25, 0.3) is 0 Å². The molecule has 9 aromatic rings. The number of hydrogen-bond donors (Lipinski definition) is 0. The van der Waals surface area contributed by atoms with E-state index < -0.39 is 12.1 Å². The summed E-state index contributed by atoms with van der Waals surface area (Å²) in [5, 5.41) is 8.14.